The zero-order valence-corrected chi connectivity index (χ0v) is 17.0. The predicted molar refractivity (Wildman–Crippen MR) is 103 cm³/mol. The Hall–Kier alpha value is -2.79. The smallest absolute Gasteiger partial charge is 0.416 e. The van der Waals surface area contributed by atoms with Crippen LogP contribution in [0.25, 0.3) is 0 Å². The number of likely N-dealkylation sites (tertiary alicyclic amines) is 1. The Kier molecular flexibility index (Phi) is 5.56. The van der Waals surface area contributed by atoms with Gasteiger partial charge in [0.25, 0.3) is 5.91 Å². The number of hydrogen-bond acceptors (Lipinski definition) is 5. The fraction of sp³-hybridized carbons (Fsp3) is 0.421. The molecule has 2 aliphatic heterocycles. The third-order valence-corrected chi connectivity index (χ3v) is 5.34. The number of carbonyl (C=O) groups excluding carboxylic acids is 2. The molecule has 0 unspecified atom stereocenters. The molecule has 0 spiro atoms. The highest BCUT2D eigenvalue weighted by Crippen LogP contribution is 2.32. The van der Waals surface area contributed by atoms with Crippen LogP contribution in [0.3, 0.4) is 0 Å². The summed E-state index contributed by atoms with van der Waals surface area (Å²) >= 11 is 5.75. The molecule has 1 fully saturated rings. The molecule has 2 amide bonds. The average molecular weight is 458 g/mol. The van der Waals surface area contributed by atoms with E-state index in [0.717, 1.165) is 12.1 Å². The van der Waals surface area contributed by atoms with Crippen LogP contribution in [0.5, 0.6) is 0 Å². The highest BCUT2D eigenvalue weighted by molar-refractivity contribution is 6.30. The lowest BCUT2D eigenvalue weighted by Crippen LogP contribution is -2.57. The number of nitrogens with two attached hydrogens (primary N) is 1. The van der Waals surface area contributed by atoms with Crippen LogP contribution < -0.4 is 5.73 Å². The quantitative estimate of drug-likeness (QED) is 0.764. The number of alkyl halides is 3. The van der Waals surface area contributed by atoms with Crippen molar-refractivity contribution in [3.8, 4) is 0 Å². The first kappa shape index (κ1) is 21.4. The predicted octanol–water partition coefficient (Wildman–Crippen LogP) is 2.49. The van der Waals surface area contributed by atoms with Crippen LogP contribution in [0.2, 0.25) is 5.02 Å². The van der Waals surface area contributed by atoms with Crippen molar-refractivity contribution in [3.05, 3.63) is 51.8 Å². The largest absolute Gasteiger partial charge is 0.445 e. The molecule has 2 aromatic rings. The molecule has 1 aromatic carbocycles. The van der Waals surface area contributed by atoms with Crippen LogP contribution in [-0.4, -0.2) is 57.3 Å². The van der Waals surface area contributed by atoms with Crippen LogP contribution in [-0.2, 0) is 30.6 Å². The Balaban J connectivity index is 1.37. The molecule has 2 aliphatic rings. The lowest BCUT2D eigenvalue weighted by molar-refractivity contribution is -0.137. The number of amides is 2. The Morgan fingerprint density at radius 1 is 1.16 bits per heavy atom. The van der Waals surface area contributed by atoms with Crippen molar-refractivity contribution in [1.29, 1.82) is 0 Å². The highest BCUT2D eigenvalue weighted by atomic mass is 35.5. The maximum Gasteiger partial charge on any atom is 0.416 e. The van der Waals surface area contributed by atoms with Crippen molar-refractivity contribution in [3.63, 3.8) is 0 Å². The minimum Gasteiger partial charge on any atom is -0.445 e. The summed E-state index contributed by atoms with van der Waals surface area (Å²) in [6.07, 6.45) is -5.23. The zero-order valence-electron chi connectivity index (χ0n) is 16.2. The van der Waals surface area contributed by atoms with E-state index >= 15 is 0 Å². The molecule has 166 valence electrons. The molecule has 0 aliphatic carbocycles. The first-order chi connectivity index (χ1) is 14.6. The average Bonchev–Trinajstić information content (AvgIpc) is 3.11. The summed E-state index contributed by atoms with van der Waals surface area (Å²) in [7, 11) is 0. The van der Waals surface area contributed by atoms with E-state index < -0.39 is 17.8 Å². The van der Waals surface area contributed by atoms with Crippen molar-refractivity contribution in [1.82, 2.24) is 19.6 Å². The molecule has 3 heterocycles. The van der Waals surface area contributed by atoms with E-state index in [1.165, 1.54) is 11.0 Å². The normalized spacial score (nSPS) is 16.7. The minimum absolute atomic E-state index is 0.0156. The topological polar surface area (TPSA) is 93.7 Å². The second-order valence-electron chi connectivity index (χ2n) is 7.54. The van der Waals surface area contributed by atoms with E-state index in [1.54, 1.807) is 15.6 Å². The summed E-state index contributed by atoms with van der Waals surface area (Å²) in [6.45, 7) is 1.45. The van der Waals surface area contributed by atoms with Gasteiger partial charge in [0.05, 0.1) is 24.3 Å². The van der Waals surface area contributed by atoms with Crippen molar-refractivity contribution < 1.29 is 27.5 Å². The molecule has 12 heteroatoms. The van der Waals surface area contributed by atoms with E-state index in [1.807, 2.05) is 0 Å². The second-order valence-corrected chi connectivity index (χ2v) is 7.97. The molecule has 1 aromatic heterocycles. The van der Waals surface area contributed by atoms with Crippen LogP contribution >= 0.6 is 11.6 Å². The maximum absolute atomic E-state index is 12.9. The SMILES string of the molecule is NC1CN(C(=O)c2cc3n(n2)CCN(C(=O)OCc2cc(Cl)cc(C(F)(F)F)c2)C3)C1. The first-order valence-corrected chi connectivity index (χ1v) is 9.88. The molecule has 1 saturated heterocycles. The Morgan fingerprint density at radius 2 is 1.90 bits per heavy atom. The monoisotopic (exact) mass is 457 g/mol. The summed E-state index contributed by atoms with van der Waals surface area (Å²) in [4.78, 5) is 27.8. The molecular weight excluding hydrogens is 439 g/mol. The van der Waals surface area contributed by atoms with Gasteiger partial charge in [0.2, 0.25) is 0 Å². The van der Waals surface area contributed by atoms with E-state index in [4.69, 9.17) is 22.1 Å². The molecule has 0 saturated carbocycles. The Bertz CT molecular complexity index is 1020. The third-order valence-electron chi connectivity index (χ3n) is 5.12. The van der Waals surface area contributed by atoms with Gasteiger partial charge in [-0.3, -0.25) is 9.48 Å². The van der Waals surface area contributed by atoms with Gasteiger partial charge in [0.15, 0.2) is 5.69 Å². The van der Waals surface area contributed by atoms with E-state index in [2.05, 4.69) is 5.10 Å². The van der Waals surface area contributed by atoms with Crippen molar-refractivity contribution in [2.75, 3.05) is 19.6 Å². The number of fused-ring (bicyclic) bond motifs is 1. The van der Waals surface area contributed by atoms with Crippen molar-refractivity contribution >= 4 is 23.6 Å². The molecule has 0 bridgehead atoms. The Morgan fingerprint density at radius 3 is 2.58 bits per heavy atom. The second kappa shape index (κ2) is 8.04. The van der Waals surface area contributed by atoms with Gasteiger partial charge in [-0.25, -0.2) is 4.79 Å². The standard InChI is InChI=1S/C19H19ClF3N5O3/c20-13-4-11(3-12(5-13)19(21,22)23)10-31-18(30)26-1-2-28-15(9-26)6-16(25-28)17(29)27-7-14(24)8-27/h3-6,14H,1-2,7-10,24H2. The number of benzene rings is 1. The summed E-state index contributed by atoms with van der Waals surface area (Å²) < 4.78 is 45.6. The molecule has 0 atom stereocenters. The van der Waals surface area contributed by atoms with Gasteiger partial charge < -0.3 is 20.3 Å². The third kappa shape index (κ3) is 4.62. The number of hydrogen-bond donors (Lipinski definition) is 1. The first-order valence-electron chi connectivity index (χ1n) is 9.50. The van der Waals surface area contributed by atoms with Gasteiger partial charge in [0, 0.05) is 30.7 Å². The molecule has 31 heavy (non-hydrogen) atoms. The highest BCUT2D eigenvalue weighted by Gasteiger charge is 2.33. The summed E-state index contributed by atoms with van der Waals surface area (Å²) in [5, 5.41) is 4.20. The zero-order chi connectivity index (χ0) is 22.3. The van der Waals surface area contributed by atoms with E-state index in [-0.39, 0.29) is 41.4 Å². The summed E-state index contributed by atoms with van der Waals surface area (Å²) in [5.74, 6) is -0.209. The van der Waals surface area contributed by atoms with Gasteiger partial charge in [-0.1, -0.05) is 11.6 Å². The van der Waals surface area contributed by atoms with Crippen molar-refractivity contribution in [2.24, 2.45) is 5.73 Å². The van der Waals surface area contributed by atoms with E-state index in [9.17, 15) is 22.8 Å². The summed E-state index contributed by atoms with van der Waals surface area (Å²) in [6, 6.07) is 4.63. The fourth-order valence-corrected chi connectivity index (χ4v) is 3.76. The lowest BCUT2D eigenvalue weighted by atomic mass is 10.1. The number of rotatable bonds is 3. The molecule has 0 radical (unpaired) electrons. The molecule has 8 nitrogen and oxygen atoms in total. The maximum atomic E-state index is 12.9. The lowest BCUT2D eigenvalue weighted by Gasteiger charge is -2.36. The molecular formula is C19H19ClF3N5O3. The molecule has 4 rings (SSSR count). The summed E-state index contributed by atoms with van der Waals surface area (Å²) in [5.41, 5.74) is 5.88. The van der Waals surface area contributed by atoms with Crippen LogP contribution in [0, 0.1) is 0 Å². The van der Waals surface area contributed by atoms with Crippen LogP contribution in [0.1, 0.15) is 27.3 Å². The van der Waals surface area contributed by atoms with Crippen LogP contribution in [0.15, 0.2) is 24.3 Å². The fourth-order valence-electron chi connectivity index (χ4n) is 3.50. The number of ether oxygens (including phenoxy) is 1. The van der Waals surface area contributed by atoms with Crippen molar-refractivity contribution in [2.45, 2.75) is 31.9 Å². The van der Waals surface area contributed by atoms with E-state index in [0.29, 0.717) is 31.9 Å². The Labute approximate surface area is 180 Å². The number of nitrogens with zero attached hydrogens (tertiary/aromatic N) is 4. The van der Waals surface area contributed by atoms with Gasteiger partial charge >= 0.3 is 12.3 Å². The van der Waals surface area contributed by atoms with Gasteiger partial charge in [-0.2, -0.15) is 18.3 Å². The van der Waals surface area contributed by atoms with Gasteiger partial charge in [0.1, 0.15) is 6.61 Å². The number of carbonyl (C=O) groups is 2. The molecule has 2 N–H and O–H groups in total. The number of aromatic nitrogens is 2. The van der Waals surface area contributed by atoms with Gasteiger partial charge in [-0.05, 0) is 29.8 Å². The van der Waals surface area contributed by atoms with Crippen LogP contribution in [0.4, 0.5) is 18.0 Å². The number of halogens is 4. The minimum atomic E-state index is -4.55. The van der Waals surface area contributed by atoms with Gasteiger partial charge in [-0.15, -0.1) is 0 Å².